The molecular formula is C22H19ClFN3OS. The molecule has 0 radical (unpaired) electrons. The second-order valence-electron chi connectivity index (χ2n) is 6.91. The molecule has 2 heterocycles. The summed E-state index contributed by atoms with van der Waals surface area (Å²) in [4.78, 5) is 20.9. The summed E-state index contributed by atoms with van der Waals surface area (Å²) in [5.41, 5.74) is 2.65. The Bertz CT molecular complexity index is 1080. The lowest BCUT2D eigenvalue weighted by atomic mass is 10.0. The third-order valence-electron chi connectivity index (χ3n) is 4.78. The smallest absolute Gasteiger partial charge is 0.259 e. The summed E-state index contributed by atoms with van der Waals surface area (Å²) in [7, 11) is 2.05. The van der Waals surface area contributed by atoms with E-state index >= 15 is 0 Å². The highest BCUT2D eigenvalue weighted by Gasteiger charge is 2.27. The first-order valence-corrected chi connectivity index (χ1v) is 10.4. The highest BCUT2D eigenvalue weighted by molar-refractivity contribution is 7.16. The molecule has 0 aliphatic carbocycles. The molecule has 0 bridgehead atoms. The van der Waals surface area contributed by atoms with Gasteiger partial charge in [0.2, 0.25) is 0 Å². The van der Waals surface area contributed by atoms with E-state index in [9.17, 15) is 9.18 Å². The molecule has 1 amide bonds. The minimum absolute atomic E-state index is 0.213. The molecule has 0 fully saturated rings. The minimum Gasteiger partial charge on any atom is -0.322 e. The van der Waals surface area contributed by atoms with Gasteiger partial charge in [0.1, 0.15) is 10.8 Å². The van der Waals surface area contributed by atoms with E-state index in [2.05, 4.69) is 22.3 Å². The second-order valence-corrected chi connectivity index (χ2v) is 8.43. The van der Waals surface area contributed by atoms with E-state index < -0.39 is 0 Å². The number of anilines is 1. The van der Waals surface area contributed by atoms with Crippen LogP contribution in [0.2, 0.25) is 5.02 Å². The Morgan fingerprint density at radius 1 is 1.24 bits per heavy atom. The zero-order chi connectivity index (χ0) is 20.4. The van der Waals surface area contributed by atoms with Crippen LogP contribution in [0.25, 0.3) is 0 Å². The van der Waals surface area contributed by atoms with Crippen molar-refractivity contribution in [3.8, 4) is 0 Å². The number of thiophene rings is 1. The summed E-state index contributed by atoms with van der Waals surface area (Å²) in [5.74, 6) is -0.556. The van der Waals surface area contributed by atoms with Crippen LogP contribution in [0.5, 0.6) is 0 Å². The second kappa shape index (κ2) is 8.45. The van der Waals surface area contributed by atoms with Crippen molar-refractivity contribution in [2.24, 2.45) is 4.99 Å². The fourth-order valence-corrected chi connectivity index (χ4v) is 4.67. The van der Waals surface area contributed by atoms with Crippen LogP contribution in [0.15, 0.2) is 53.5 Å². The molecule has 4 rings (SSSR count). The van der Waals surface area contributed by atoms with Crippen molar-refractivity contribution in [1.82, 2.24) is 4.90 Å². The molecule has 1 aromatic heterocycles. The zero-order valence-corrected chi connectivity index (χ0v) is 17.4. The number of nitrogens with zero attached hydrogens (tertiary/aromatic N) is 2. The van der Waals surface area contributed by atoms with Crippen molar-refractivity contribution >= 4 is 45.7 Å². The van der Waals surface area contributed by atoms with Crippen molar-refractivity contribution in [3.05, 3.63) is 80.9 Å². The summed E-state index contributed by atoms with van der Waals surface area (Å²) >= 11 is 7.42. The number of likely N-dealkylation sites (N-methyl/N-ethyl adjacent to an activating group) is 1. The predicted octanol–water partition coefficient (Wildman–Crippen LogP) is 5.53. The third-order valence-corrected chi connectivity index (χ3v) is 6.16. The lowest BCUT2D eigenvalue weighted by Crippen LogP contribution is -2.26. The van der Waals surface area contributed by atoms with Crippen LogP contribution >= 0.6 is 22.9 Å². The molecular weight excluding hydrogens is 409 g/mol. The first-order valence-electron chi connectivity index (χ1n) is 9.20. The van der Waals surface area contributed by atoms with Gasteiger partial charge in [-0.25, -0.2) is 9.38 Å². The molecule has 29 heavy (non-hydrogen) atoms. The molecule has 1 aliphatic heterocycles. The summed E-state index contributed by atoms with van der Waals surface area (Å²) in [6.07, 6.45) is 2.26. The number of aliphatic imine (C=N–C) groups is 1. The van der Waals surface area contributed by atoms with Crippen LogP contribution in [-0.4, -0.2) is 30.6 Å². The molecule has 0 unspecified atom stereocenters. The van der Waals surface area contributed by atoms with Gasteiger partial charge in [-0.15, -0.1) is 11.3 Å². The van der Waals surface area contributed by atoms with Gasteiger partial charge in [0.25, 0.3) is 5.91 Å². The Morgan fingerprint density at radius 2 is 2.00 bits per heavy atom. The Kier molecular flexibility index (Phi) is 5.76. The van der Waals surface area contributed by atoms with Gasteiger partial charge >= 0.3 is 0 Å². The minimum atomic E-state index is -0.343. The quantitative estimate of drug-likeness (QED) is 0.556. The number of fused-ring (bicyclic) bond motifs is 1. The molecule has 1 N–H and O–H groups in total. The Hall–Kier alpha value is -2.54. The summed E-state index contributed by atoms with van der Waals surface area (Å²) in [6.45, 7) is 1.65. The third kappa shape index (κ3) is 4.40. The molecule has 0 spiro atoms. The van der Waals surface area contributed by atoms with Crippen LogP contribution < -0.4 is 5.32 Å². The van der Waals surface area contributed by atoms with E-state index in [-0.39, 0.29) is 11.7 Å². The molecule has 0 saturated heterocycles. The van der Waals surface area contributed by atoms with Crippen molar-refractivity contribution in [2.45, 2.75) is 13.0 Å². The Labute approximate surface area is 177 Å². The average molecular weight is 428 g/mol. The maximum absolute atomic E-state index is 14.0. The predicted molar refractivity (Wildman–Crippen MR) is 117 cm³/mol. The highest BCUT2D eigenvalue weighted by Crippen LogP contribution is 2.39. The van der Waals surface area contributed by atoms with Crippen molar-refractivity contribution in [1.29, 1.82) is 0 Å². The van der Waals surface area contributed by atoms with E-state index in [0.29, 0.717) is 26.8 Å². The van der Waals surface area contributed by atoms with Crippen molar-refractivity contribution in [2.75, 3.05) is 18.9 Å². The zero-order valence-electron chi connectivity index (χ0n) is 15.8. The van der Waals surface area contributed by atoms with E-state index in [1.807, 2.05) is 0 Å². The largest absolute Gasteiger partial charge is 0.322 e. The molecule has 148 valence electrons. The van der Waals surface area contributed by atoms with E-state index in [0.717, 1.165) is 30.0 Å². The molecule has 7 heteroatoms. The van der Waals surface area contributed by atoms with Crippen molar-refractivity contribution < 1.29 is 9.18 Å². The maximum Gasteiger partial charge on any atom is 0.259 e. The molecule has 3 aromatic rings. The van der Waals surface area contributed by atoms with Gasteiger partial charge in [-0.05, 0) is 49.4 Å². The number of benzene rings is 2. The first-order chi connectivity index (χ1) is 14.0. The first kappa shape index (κ1) is 19.8. The number of hydrogen-bond acceptors (Lipinski definition) is 4. The van der Waals surface area contributed by atoms with Gasteiger partial charge in [0.15, 0.2) is 0 Å². The number of amides is 1. The van der Waals surface area contributed by atoms with Gasteiger partial charge in [-0.3, -0.25) is 4.79 Å². The summed E-state index contributed by atoms with van der Waals surface area (Å²) in [6, 6.07) is 13.4. The summed E-state index contributed by atoms with van der Waals surface area (Å²) in [5, 5.41) is 4.13. The highest BCUT2D eigenvalue weighted by atomic mass is 35.5. The van der Waals surface area contributed by atoms with Gasteiger partial charge in [0, 0.05) is 40.5 Å². The summed E-state index contributed by atoms with van der Waals surface area (Å²) < 4.78 is 14.0. The van der Waals surface area contributed by atoms with E-state index in [1.165, 1.54) is 23.6 Å². The van der Waals surface area contributed by atoms with E-state index in [4.69, 9.17) is 11.6 Å². The molecule has 0 atom stereocenters. The molecule has 0 saturated carbocycles. The van der Waals surface area contributed by atoms with Gasteiger partial charge in [0.05, 0.1) is 5.56 Å². The monoisotopic (exact) mass is 427 g/mol. The van der Waals surface area contributed by atoms with Crippen LogP contribution in [0.1, 0.15) is 26.4 Å². The maximum atomic E-state index is 14.0. The topological polar surface area (TPSA) is 44.7 Å². The van der Waals surface area contributed by atoms with Crippen LogP contribution in [-0.2, 0) is 13.0 Å². The number of rotatable bonds is 4. The van der Waals surface area contributed by atoms with Crippen LogP contribution in [0, 0.1) is 5.82 Å². The van der Waals surface area contributed by atoms with Crippen molar-refractivity contribution in [3.63, 3.8) is 0 Å². The van der Waals surface area contributed by atoms with Crippen LogP contribution in [0.3, 0.4) is 0 Å². The normalized spacial score (nSPS) is 14.2. The van der Waals surface area contributed by atoms with Gasteiger partial charge in [-0.2, -0.15) is 0 Å². The van der Waals surface area contributed by atoms with E-state index in [1.54, 1.807) is 42.5 Å². The SMILES string of the molecule is CN1CCc2c(sc(N=Cc3ccccc3F)c2C(=O)Nc2ccc(Cl)cc2)C1. The fraction of sp³-hybridized carbons (Fsp3) is 0.182. The standard InChI is InChI=1S/C22H19ClFN3OS/c1-27-11-10-17-19(13-27)29-22(25-12-14-4-2-3-5-18(14)24)20(17)21(28)26-16-8-6-15(23)7-9-16/h2-9,12H,10-11,13H2,1H3,(H,26,28). The lowest BCUT2D eigenvalue weighted by Gasteiger charge is -2.22. The number of hydrogen-bond donors (Lipinski definition) is 1. The molecule has 4 nitrogen and oxygen atoms in total. The Balaban J connectivity index is 1.70. The van der Waals surface area contributed by atoms with Gasteiger partial charge < -0.3 is 10.2 Å². The lowest BCUT2D eigenvalue weighted by molar-refractivity contribution is 0.102. The molecule has 2 aromatic carbocycles. The number of carbonyl (C=O) groups excluding carboxylic acids is 1. The van der Waals surface area contributed by atoms with Gasteiger partial charge in [-0.1, -0.05) is 29.8 Å². The number of carbonyl (C=O) groups is 1. The van der Waals surface area contributed by atoms with Crippen LogP contribution in [0.4, 0.5) is 15.1 Å². The molecule has 1 aliphatic rings. The fourth-order valence-electron chi connectivity index (χ4n) is 3.28. The number of halogens is 2. The Morgan fingerprint density at radius 3 is 2.76 bits per heavy atom. The number of nitrogens with one attached hydrogen (secondary N) is 1. The average Bonchev–Trinajstić information content (AvgIpc) is 3.06.